The predicted octanol–water partition coefficient (Wildman–Crippen LogP) is 1.67. The first-order valence-corrected chi connectivity index (χ1v) is 13.6. The molecule has 0 aromatic heterocycles. The molecule has 6 fully saturated rings. The standard InChI is InChI=1S/C15H17ClN2O3.C14H14ClNO2.CH3.BrH.Mg/c1-18(21-2)13(20)14-7-15(8-14,9-14)17-12(19)10-4-3-5-11(16)6-10;1-9(17)13-6-14(7-13,8-13)16-12(18)10-3-2-4-11(15)5-10;;;/h3-6H,7-9H2,1-2H3,(H,17,19);2-5H,6-8H2,1H3,(H,16,18);1H3;1H;/q;;-1;;+2/p-1. The number of carbonyl (C=O) groups is 4. The molecule has 0 unspecified atom stereocenters. The minimum absolute atomic E-state index is 0. The molecule has 0 spiro atoms. The van der Waals surface area contributed by atoms with Crippen LogP contribution in [0, 0.1) is 18.3 Å². The van der Waals surface area contributed by atoms with Crippen LogP contribution < -0.4 is 27.6 Å². The van der Waals surface area contributed by atoms with Crippen LogP contribution in [0.5, 0.6) is 0 Å². The van der Waals surface area contributed by atoms with E-state index >= 15 is 0 Å². The van der Waals surface area contributed by atoms with Gasteiger partial charge in [-0.05, 0) is 81.8 Å². The first-order valence-electron chi connectivity index (χ1n) is 12.8. The van der Waals surface area contributed by atoms with Gasteiger partial charge in [-0.3, -0.25) is 24.0 Å². The Kier molecular flexibility index (Phi) is 11.4. The van der Waals surface area contributed by atoms with Gasteiger partial charge in [0.2, 0.25) is 0 Å². The van der Waals surface area contributed by atoms with Gasteiger partial charge in [-0.1, -0.05) is 35.3 Å². The first-order chi connectivity index (χ1) is 18.3. The predicted molar refractivity (Wildman–Crippen MR) is 158 cm³/mol. The molecule has 0 heterocycles. The van der Waals surface area contributed by atoms with E-state index in [4.69, 9.17) is 28.0 Å². The fourth-order valence-electron chi connectivity index (χ4n) is 6.74. The Morgan fingerprint density at radius 1 is 0.786 bits per heavy atom. The van der Waals surface area contributed by atoms with Gasteiger partial charge in [0.25, 0.3) is 17.7 Å². The van der Waals surface area contributed by atoms with Crippen molar-refractivity contribution in [2.75, 3.05) is 14.2 Å². The molecule has 222 valence electrons. The van der Waals surface area contributed by atoms with Crippen molar-refractivity contribution in [3.8, 4) is 0 Å². The molecule has 3 amide bonds. The summed E-state index contributed by atoms with van der Waals surface area (Å²) in [6.07, 6.45) is 4.42. The van der Waals surface area contributed by atoms with Crippen LogP contribution in [-0.2, 0) is 14.4 Å². The summed E-state index contributed by atoms with van der Waals surface area (Å²) in [5.41, 5.74) is 0.286. The molecule has 2 aromatic carbocycles. The summed E-state index contributed by atoms with van der Waals surface area (Å²) >= 11 is 11.7. The van der Waals surface area contributed by atoms with Gasteiger partial charge in [0.15, 0.2) is 0 Å². The van der Waals surface area contributed by atoms with Gasteiger partial charge in [0, 0.05) is 44.7 Å². The van der Waals surface area contributed by atoms with Crippen LogP contribution in [0.4, 0.5) is 0 Å². The fraction of sp³-hybridized carbons (Fsp3) is 0.433. The molecule has 0 atom stereocenters. The topological polar surface area (TPSA) is 105 Å². The number of rotatable bonds is 7. The SMILES string of the molecule is CC(=O)C12CC(NC(=O)c3cccc(Cl)c3)(C1)C2.CON(C)C(=O)C12CC(NC(=O)c3cccc(Cl)c3)(C1)C2.[Br-].[CH3-].[Mg+2]. The van der Waals surface area contributed by atoms with Gasteiger partial charge in [0.1, 0.15) is 5.78 Å². The number of Topliss-reactive ketones (excluding diaryl/α,β-unsaturated/α-hetero) is 1. The molecule has 2 N–H and O–H groups in total. The Bertz CT molecular complexity index is 1350. The molecule has 6 aliphatic carbocycles. The molecule has 12 heteroatoms. The second-order valence-corrected chi connectivity index (χ2v) is 12.5. The molecular weight excluding hydrogens is 657 g/mol. The zero-order valence-corrected chi connectivity index (χ0v) is 28.7. The molecule has 6 saturated carbocycles. The van der Waals surface area contributed by atoms with E-state index in [0.29, 0.717) is 40.4 Å². The van der Waals surface area contributed by atoms with E-state index in [1.165, 1.54) is 12.2 Å². The number of nitrogens with zero attached hydrogens (tertiary/aromatic N) is 1. The Morgan fingerprint density at radius 2 is 1.17 bits per heavy atom. The van der Waals surface area contributed by atoms with Crippen LogP contribution in [-0.4, -0.2) is 76.9 Å². The quantitative estimate of drug-likeness (QED) is 0.262. The van der Waals surface area contributed by atoms with E-state index in [9.17, 15) is 19.2 Å². The zero-order valence-electron chi connectivity index (χ0n) is 24.2. The van der Waals surface area contributed by atoms with E-state index in [2.05, 4.69) is 10.6 Å². The summed E-state index contributed by atoms with van der Waals surface area (Å²) in [4.78, 5) is 52.7. The number of hydrogen-bond acceptors (Lipinski definition) is 5. The number of amides is 3. The average Bonchev–Trinajstić information content (AvgIpc) is 2.80. The van der Waals surface area contributed by atoms with Crippen molar-refractivity contribution in [2.45, 2.75) is 56.5 Å². The molecule has 42 heavy (non-hydrogen) atoms. The number of hydrogen-bond donors (Lipinski definition) is 2. The van der Waals surface area contributed by atoms with E-state index in [1.54, 1.807) is 62.5 Å². The zero-order chi connectivity index (χ0) is 28.2. The number of hydroxylamine groups is 2. The van der Waals surface area contributed by atoms with Crippen LogP contribution in [0.3, 0.4) is 0 Å². The van der Waals surface area contributed by atoms with Crippen molar-refractivity contribution in [1.82, 2.24) is 15.7 Å². The monoisotopic (exact) mass is 689 g/mol. The van der Waals surface area contributed by atoms with Crippen molar-refractivity contribution < 1.29 is 41.0 Å². The number of ketones is 1. The molecule has 0 aliphatic heterocycles. The van der Waals surface area contributed by atoms with Gasteiger partial charge < -0.3 is 35.0 Å². The van der Waals surface area contributed by atoms with Gasteiger partial charge in [-0.15, -0.1) is 0 Å². The van der Waals surface area contributed by atoms with E-state index in [-0.39, 0.29) is 92.9 Å². The number of nitrogens with one attached hydrogen (secondary N) is 2. The molecule has 2 aromatic rings. The third-order valence-corrected chi connectivity index (χ3v) is 9.22. The van der Waals surface area contributed by atoms with Gasteiger partial charge in [-0.2, -0.15) is 0 Å². The maximum atomic E-state index is 12.2. The summed E-state index contributed by atoms with van der Waals surface area (Å²) in [5.74, 6) is -0.00189. The minimum Gasteiger partial charge on any atom is -1.00 e. The Hall–Kier alpha value is -1.69. The smallest absolute Gasteiger partial charge is 1.00 e. The Labute approximate surface area is 283 Å². The summed E-state index contributed by atoms with van der Waals surface area (Å²) in [5, 5.41) is 8.42. The van der Waals surface area contributed by atoms with Crippen LogP contribution in [0.15, 0.2) is 48.5 Å². The third-order valence-electron chi connectivity index (χ3n) is 8.75. The van der Waals surface area contributed by atoms with Crippen molar-refractivity contribution in [3.63, 3.8) is 0 Å². The van der Waals surface area contributed by atoms with Crippen LogP contribution in [0.1, 0.15) is 66.2 Å². The normalized spacial score (nSPS) is 28.3. The van der Waals surface area contributed by atoms with Gasteiger partial charge >= 0.3 is 23.1 Å². The number of carbonyl (C=O) groups excluding carboxylic acids is 4. The Morgan fingerprint density at radius 3 is 1.50 bits per heavy atom. The largest absolute Gasteiger partial charge is 2.00 e. The molecular formula is C30H34BrCl2MgN3O5. The van der Waals surface area contributed by atoms with E-state index in [0.717, 1.165) is 19.3 Å². The summed E-state index contributed by atoms with van der Waals surface area (Å²) in [6, 6.07) is 13.7. The average molecular weight is 692 g/mol. The first kappa shape index (κ1) is 36.5. The maximum absolute atomic E-state index is 12.2. The molecule has 8 nitrogen and oxygen atoms in total. The minimum atomic E-state index is -0.341. The van der Waals surface area contributed by atoms with Crippen LogP contribution in [0.25, 0.3) is 0 Å². The number of halogens is 3. The molecule has 0 saturated heterocycles. The van der Waals surface area contributed by atoms with Gasteiger partial charge in [-0.25, -0.2) is 5.06 Å². The summed E-state index contributed by atoms with van der Waals surface area (Å²) < 4.78 is 0. The maximum Gasteiger partial charge on any atom is 2.00 e. The van der Waals surface area contributed by atoms with Crippen LogP contribution in [0.2, 0.25) is 10.0 Å². The second kappa shape index (κ2) is 13.1. The molecule has 8 rings (SSSR count). The summed E-state index contributed by atoms with van der Waals surface area (Å²) in [7, 11) is 3.08. The van der Waals surface area contributed by atoms with Crippen molar-refractivity contribution in [1.29, 1.82) is 0 Å². The van der Waals surface area contributed by atoms with E-state index in [1.807, 2.05) is 0 Å². The summed E-state index contributed by atoms with van der Waals surface area (Å²) in [6.45, 7) is 1.64. The Balaban J connectivity index is 0.000000276. The van der Waals surface area contributed by atoms with Crippen LogP contribution >= 0.6 is 23.2 Å². The third kappa shape index (κ3) is 6.54. The van der Waals surface area contributed by atoms with Crippen molar-refractivity contribution in [3.05, 3.63) is 77.1 Å². The molecule has 0 radical (unpaired) electrons. The fourth-order valence-corrected chi connectivity index (χ4v) is 7.12. The van der Waals surface area contributed by atoms with E-state index < -0.39 is 0 Å². The van der Waals surface area contributed by atoms with Gasteiger partial charge in [0.05, 0.1) is 12.5 Å². The molecule has 6 aliphatic rings. The van der Waals surface area contributed by atoms with Crippen molar-refractivity contribution >= 4 is 69.8 Å². The number of benzene rings is 2. The second-order valence-electron chi connectivity index (χ2n) is 11.7. The van der Waals surface area contributed by atoms with Crippen molar-refractivity contribution in [2.24, 2.45) is 10.8 Å². The molecule has 4 bridgehead atoms.